The Balaban J connectivity index is 0.000000559. The maximum atomic E-state index is 13.0. The van der Waals surface area contributed by atoms with Crippen LogP contribution in [0.3, 0.4) is 0 Å². The third kappa shape index (κ3) is 8.08. The molecule has 2 heterocycles. The number of unbranched alkanes of at least 4 members (excludes halogenated alkanes) is 2. The molecule has 40 heavy (non-hydrogen) atoms. The van der Waals surface area contributed by atoms with Crippen molar-refractivity contribution in [3.05, 3.63) is 83.8 Å². The molecule has 0 unspecified atom stereocenters. The first-order valence-corrected chi connectivity index (χ1v) is 12.9. The summed E-state index contributed by atoms with van der Waals surface area (Å²) >= 11 is 0. The van der Waals surface area contributed by atoms with Crippen LogP contribution in [0, 0.1) is 13.8 Å². The molecular formula is C30H32F3N3O4. The molecule has 0 aliphatic rings. The van der Waals surface area contributed by atoms with E-state index < -0.39 is 12.1 Å². The van der Waals surface area contributed by atoms with Crippen molar-refractivity contribution in [1.29, 1.82) is 0 Å². The van der Waals surface area contributed by atoms with E-state index in [1.807, 2.05) is 43.3 Å². The van der Waals surface area contributed by atoms with E-state index in [4.69, 9.17) is 14.6 Å². The second-order valence-electron chi connectivity index (χ2n) is 9.24. The predicted molar refractivity (Wildman–Crippen MR) is 148 cm³/mol. The number of rotatable bonds is 9. The number of hydrogen-bond donors (Lipinski definition) is 2. The molecule has 1 amide bonds. The number of halogens is 3. The lowest BCUT2D eigenvalue weighted by Gasteiger charge is -2.11. The van der Waals surface area contributed by atoms with E-state index in [0.717, 1.165) is 40.9 Å². The molecule has 2 N–H and O–H groups in total. The first kappa shape index (κ1) is 30.2. The third-order valence-electron chi connectivity index (χ3n) is 6.25. The number of benzene rings is 2. The van der Waals surface area contributed by atoms with Crippen molar-refractivity contribution in [3.63, 3.8) is 0 Å². The Hall–Kier alpha value is -4.34. The maximum Gasteiger partial charge on any atom is 0.490 e. The van der Waals surface area contributed by atoms with Gasteiger partial charge in [-0.25, -0.2) is 4.79 Å². The van der Waals surface area contributed by atoms with Gasteiger partial charge in [0, 0.05) is 35.0 Å². The summed E-state index contributed by atoms with van der Waals surface area (Å²) in [5.74, 6) is -1.35. The number of carbonyl (C=O) groups is 2. The van der Waals surface area contributed by atoms with Crippen molar-refractivity contribution in [2.75, 3.05) is 5.32 Å². The number of carboxylic acid groups (broad SMARTS) is 1. The highest BCUT2D eigenvalue weighted by molar-refractivity contribution is 5.96. The molecule has 0 saturated heterocycles. The number of pyridine rings is 1. The number of aromatic nitrogens is 2. The lowest BCUT2D eigenvalue weighted by molar-refractivity contribution is -0.192. The number of nitrogens with one attached hydrogen (secondary N) is 1. The normalized spacial score (nSPS) is 11.1. The monoisotopic (exact) mass is 555 g/mol. The van der Waals surface area contributed by atoms with E-state index >= 15 is 0 Å². The van der Waals surface area contributed by atoms with Gasteiger partial charge >= 0.3 is 12.1 Å². The van der Waals surface area contributed by atoms with Crippen LogP contribution in [0.4, 0.5) is 18.9 Å². The highest BCUT2D eigenvalue weighted by Crippen LogP contribution is 2.29. The van der Waals surface area contributed by atoms with Gasteiger partial charge < -0.3 is 19.7 Å². The van der Waals surface area contributed by atoms with Crippen molar-refractivity contribution < 1.29 is 32.6 Å². The second kappa shape index (κ2) is 13.6. The number of fused-ring (bicyclic) bond motifs is 1. The van der Waals surface area contributed by atoms with E-state index in [9.17, 15) is 18.0 Å². The number of carboxylic acids is 1. The van der Waals surface area contributed by atoms with Crippen LogP contribution in [0.25, 0.3) is 10.9 Å². The first-order chi connectivity index (χ1) is 19.0. The smallest absolute Gasteiger partial charge is 0.475 e. The summed E-state index contributed by atoms with van der Waals surface area (Å²) in [7, 11) is 0. The number of nitrogens with zero attached hydrogens (tertiary/aromatic N) is 2. The summed E-state index contributed by atoms with van der Waals surface area (Å²) in [4.78, 5) is 25.9. The van der Waals surface area contributed by atoms with Crippen LogP contribution >= 0.6 is 0 Å². The second-order valence-corrected chi connectivity index (χ2v) is 9.24. The fourth-order valence-corrected chi connectivity index (χ4v) is 4.28. The topological polar surface area (TPSA) is 93.5 Å². The van der Waals surface area contributed by atoms with E-state index in [2.05, 4.69) is 46.9 Å². The van der Waals surface area contributed by atoms with Crippen LogP contribution in [0.5, 0.6) is 11.5 Å². The van der Waals surface area contributed by atoms with Crippen molar-refractivity contribution in [3.8, 4) is 11.5 Å². The largest absolute Gasteiger partial charge is 0.490 e. The van der Waals surface area contributed by atoms with Crippen LogP contribution < -0.4 is 10.1 Å². The molecule has 212 valence electrons. The minimum atomic E-state index is -5.08. The average Bonchev–Trinajstić information content (AvgIpc) is 3.17. The Morgan fingerprint density at radius 3 is 2.40 bits per heavy atom. The van der Waals surface area contributed by atoms with Crippen molar-refractivity contribution in [2.24, 2.45) is 0 Å². The molecule has 0 aliphatic carbocycles. The van der Waals surface area contributed by atoms with Gasteiger partial charge in [-0.3, -0.25) is 9.78 Å². The fraction of sp³-hybridized carbons (Fsp3) is 0.300. The molecule has 0 saturated carbocycles. The molecule has 10 heteroatoms. The van der Waals surface area contributed by atoms with Gasteiger partial charge in [0.15, 0.2) is 0 Å². The van der Waals surface area contributed by atoms with Crippen molar-refractivity contribution in [1.82, 2.24) is 9.55 Å². The van der Waals surface area contributed by atoms with Crippen LogP contribution in [0.1, 0.15) is 43.0 Å². The standard InChI is InChI=1S/C28H31N3O2.C2HF3O2/c1-4-5-8-16-31-21(3)25(24-11-6-7-12-26(24)31)18-28(32)30-22-13-14-27(20(2)17-22)33-23-10-9-15-29-19-23;3-2(4,5)1(6)7/h6-7,9-15,17,19H,4-5,8,16,18H2,1-3H3,(H,30,32);(H,6,7). The summed E-state index contributed by atoms with van der Waals surface area (Å²) in [6, 6.07) is 17.8. The number of anilines is 1. The van der Waals surface area contributed by atoms with Gasteiger partial charge in [-0.2, -0.15) is 13.2 Å². The molecule has 2 aromatic heterocycles. The van der Waals surface area contributed by atoms with Gasteiger partial charge in [0.1, 0.15) is 11.5 Å². The Labute approximate surface area is 230 Å². The highest BCUT2D eigenvalue weighted by atomic mass is 19.4. The zero-order chi connectivity index (χ0) is 29.3. The zero-order valence-electron chi connectivity index (χ0n) is 22.6. The molecule has 0 bridgehead atoms. The fourth-order valence-electron chi connectivity index (χ4n) is 4.28. The Morgan fingerprint density at radius 1 is 1.05 bits per heavy atom. The van der Waals surface area contributed by atoms with E-state index in [0.29, 0.717) is 12.2 Å². The lowest BCUT2D eigenvalue weighted by atomic mass is 10.1. The molecule has 0 spiro atoms. The summed E-state index contributed by atoms with van der Waals surface area (Å²) in [6.45, 7) is 7.30. The minimum Gasteiger partial charge on any atom is -0.475 e. The van der Waals surface area contributed by atoms with E-state index in [-0.39, 0.29) is 5.91 Å². The summed E-state index contributed by atoms with van der Waals surface area (Å²) in [5, 5.41) is 11.3. The van der Waals surface area contributed by atoms with Gasteiger partial charge in [0.2, 0.25) is 5.91 Å². The van der Waals surface area contributed by atoms with E-state index in [1.54, 1.807) is 12.4 Å². The average molecular weight is 556 g/mol. The Bertz CT molecular complexity index is 1450. The van der Waals surface area contributed by atoms with E-state index in [1.165, 1.54) is 24.1 Å². The Kier molecular flexibility index (Phi) is 10.3. The van der Waals surface area contributed by atoms with Crippen molar-refractivity contribution >= 4 is 28.5 Å². The molecule has 0 atom stereocenters. The zero-order valence-corrected chi connectivity index (χ0v) is 22.6. The third-order valence-corrected chi connectivity index (χ3v) is 6.25. The van der Waals surface area contributed by atoms with Gasteiger partial charge in [0.05, 0.1) is 12.6 Å². The Morgan fingerprint density at radius 2 is 1.77 bits per heavy atom. The minimum absolute atomic E-state index is 0.0186. The lowest BCUT2D eigenvalue weighted by Crippen LogP contribution is -2.21. The molecule has 2 aromatic carbocycles. The summed E-state index contributed by atoms with van der Waals surface area (Å²) in [5.41, 5.74) is 5.20. The number of amides is 1. The number of para-hydroxylation sites is 1. The quantitative estimate of drug-likeness (QED) is 0.209. The summed E-state index contributed by atoms with van der Waals surface area (Å²) < 4.78 is 40.0. The van der Waals surface area contributed by atoms with Gasteiger partial charge in [0.25, 0.3) is 0 Å². The van der Waals surface area contributed by atoms with Gasteiger partial charge in [-0.15, -0.1) is 0 Å². The molecule has 4 aromatic rings. The van der Waals surface area contributed by atoms with Crippen LogP contribution in [0.2, 0.25) is 0 Å². The number of ether oxygens (including phenoxy) is 1. The number of hydrogen-bond acceptors (Lipinski definition) is 4. The molecule has 4 rings (SSSR count). The van der Waals surface area contributed by atoms with Gasteiger partial charge in [-0.05, 0) is 67.8 Å². The highest BCUT2D eigenvalue weighted by Gasteiger charge is 2.38. The number of aliphatic carboxylic acids is 1. The molecular weight excluding hydrogens is 523 g/mol. The van der Waals surface area contributed by atoms with Crippen LogP contribution in [-0.2, 0) is 22.6 Å². The molecule has 0 radical (unpaired) electrons. The molecule has 0 fully saturated rings. The number of aryl methyl sites for hydroxylation is 2. The predicted octanol–water partition coefficient (Wildman–Crippen LogP) is 7.45. The molecule has 0 aliphatic heterocycles. The van der Waals surface area contributed by atoms with Crippen molar-refractivity contribution in [2.45, 2.75) is 59.2 Å². The first-order valence-electron chi connectivity index (χ1n) is 12.9. The van der Waals surface area contributed by atoms with Crippen LogP contribution in [0.15, 0.2) is 67.0 Å². The number of carbonyl (C=O) groups excluding carboxylic acids is 1. The SMILES string of the molecule is CCCCCn1c(C)c(CC(=O)Nc2ccc(Oc3cccnc3)c(C)c2)c2ccccc21.O=C(O)C(F)(F)F. The van der Waals surface area contributed by atoms with Gasteiger partial charge in [-0.1, -0.05) is 38.0 Å². The number of alkyl halides is 3. The summed E-state index contributed by atoms with van der Waals surface area (Å²) in [6.07, 6.45) is 2.20. The molecule has 7 nitrogen and oxygen atoms in total. The van der Waals surface area contributed by atoms with Crippen LogP contribution in [-0.4, -0.2) is 32.7 Å². The maximum absolute atomic E-state index is 13.0.